The van der Waals surface area contributed by atoms with E-state index < -0.39 is 0 Å². The van der Waals surface area contributed by atoms with Gasteiger partial charge in [0.15, 0.2) is 0 Å². The van der Waals surface area contributed by atoms with Crippen LogP contribution < -0.4 is 4.87 Å². The number of hydrogen-bond acceptors (Lipinski definition) is 4. The topological polar surface area (TPSA) is 34.9 Å². The summed E-state index contributed by atoms with van der Waals surface area (Å²) in [5.41, 5.74) is 0.959. The van der Waals surface area contributed by atoms with Gasteiger partial charge in [-0.3, -0.25) is 4.79 Å². The van der Waals surface area contributed by atoms with Gasteiger partial charge in [0.25, 0.3) is 0 Å². The van der Waals surface area contributed by atoms with E-state index in [1.165, 1.54) is 11.3 Å². The first-order chi connectivity index (χ1) is 8.29. The monoisotopic (exact) mass is 288 g/mol. The zero-order chi connectivity index (χ0) is 12.1. The van der Waals surface area contributed by atoms with Crippen molar-refractivity contribution < 1.29 is 0 Å². The fourth-order valence-electron chi connectivity index (χ4n) is 1.54. The van der Waals surface area contributed by atoms with Crippen LogP contribution in [0.5, 0.6) is 0 Å². The number of rotatable bonds is 6. The minimum atomic E-state index is 0.128. The third-order valence-corrected chi connectivity index (χ3v) is 4.35. The van der Waals surface area contributed by atoms with E-state index in [9.17, 15) is 4.79 Å². The summed E-state index contributed by atoms with van der Waals surface area (Å²) >= 11 is 8.60. The Morgan fingerprint density at radius 3 is 2.88 bits per heavy atom. The van der Waals surface area contributed by atoms with Gasteiger partial charge in [0, 0.05) is 23.5 Å². The highest BCUT2D eigenvalue weighted by Gasteiger charge is 2.01. The second-order valence-corrected chi connectivity index (χ2v) is 5.75. The molecule has 0 bridgehead atoms. The number of unbranched alkanes of at least 4 members (excludes halogenated alkanes) is 1. The Kier molecular flexibility index (Phi) is 4.76. The third-order valence-electron chi connectivity index (χ3n) is 2.42. The molecule has 0 amide bonds. The van der Waals surface area contributed by atoms with Gasteiger partial charge in [-0.2, -0.15) is 0 Å². The van der Waals surface area contributed by atoms with E-state index in [0.29, 0.717) is 5.88 Å². The highest BCUT2D eigenvalue weighted by atomic mass is 35.5. The molecule has 17 heavy (non-hydrogen) atoms. The Labute approximate surface area is 113 Å². The summed E-state index contributed by atoms with van der Waals surface area (Å²) in [6.07, 6.45) is 4.88. The summed E-state index contributed by atoms with van der Waals surface area (Å²) in [7, 11) is 0. The molecule has 0 saturated heterocycles. The molecule has 0 N–H and O–H groups in total. The molecule has 0 fully saturated rings. The van der Waals surface area contributed by atoms with Crippen molar-refractivity contribution in [2.45, 2.75) is 31.7 Å². The number of aromatic nitrogens is 2. The summed E-state index contributed by atoms with van der Waals surface area (Å²) < 4.78 is 1.76. The van der Waals surface area contributed by atoms with Crippen LogP contribution in [0.25, 0.3) is 0 Å². The molecule has 0 aliphatic carbocycles. The number of aryl methyl sites for hydroxylation is 2. The van der Waals surface area contributed by atoms with E-state index in [1.54, 1.807) is 15.9 Å². The van der Waals surface area contributed by atoms with Crippen molar-refractivity contribution in [3.63, 3.8) is 0 Å². The van der Waals surface area contributed by atoms with Crippen molar-refractivity contribution in [1.82, 2.24) is 9.55 Å². The van der Waals surface area contributed by atoms with E-state index in [2.05, 4.69) is 4.98 Å². The van der Waals surface area contributed by atoms with Gasteiger partial charge in [-0.1, -0.05) is 11.3 Å². The smallest absolute Gasteiger partial charge is 0.306 e. The number of alkyl halides is 1. The average molecular weight is 289 g/mol. The van der Waals surface area contributed by atoms with Crippen LogP contribution in [-0.4, -0.2) is 9.55 Å². The largest absolute Gasteiger partial charge is 0.307 e. The molecule has 6 heteroatoms. The Balaban J connectivity index is 1.73. The second kappa shape index (κ2) is 6.33. The maximum atomic E-state index is 11.3. The van der Waals surface area contributed by atoms with E-state index in [0.717, 1.165) is 36.5 Å². The second-order valence-electron chi connectivity index (χ2n) is 3.69. The van der Waals surface area contributed by atoms with E-state index >= 15 is 0 Å². The molecule has 2 aromatic rings. The van der Waals surface area contributed by atoms with Crippen molar-refractivity contribution in [3.05, 3.63) is 37.3 Å². The van der Waals surface area contributed by atoms with Crippen LogP contribution in [0.15, 0.2) is 21.8 Å². The lowest BCUT2D eigenvalue weighted by Gasteiger charge is -1.99. The Hall–Kier alpha value is -0.650. The standard InChI is InChI=1S/C11H13ClN2OS2/c12-7-9-8-17-10(13-9)3-1-2-4-14-5-6-16-11(14)15/h5-6,8H,1-4,7H2. The van der Waals surface area contributed by atoms with Crippen LogP contribution in [0, 0.1) is 0 Å². The van der Waals surface area contributed by atoms with Gasteiger partial charge in [-0.15, -0.1) is 22.9 Å². The summed E-state index contributed by atoms with van der Waals surface area (Å²) in [6, 6.07) is 0. The van der Waals surface area contributed by atoms with E-state index in [4.69, 9.17) is 11.6 Å². The lowest BCUT2D eigenvalue weighted by atomic mass is 10.2. The lowest BCUT2D eigenvalue weighted by Crippen LogP contribution is -2.11. The quantitative estimate of drug-likeness (QED) is 0.605. The van der Waals surface area contributed by atoms with Crippen molar-refractivity contribution in [3.8, 4) is 0 Å². The van der Waals surface area contributed by atoms with Gasteiger partial charge in [0.1, 0.15) is 0 Å². The minimum absolute atomic E-state index is 0.128. The predicted molar refractivity (Wildman–Crippen MR) is 73.2 cm³/mol. The zero-order valence-electron chi connectivity index (χ0n) is 9.26. The average Bonchev–Trinajstić information content (AvgIpc) is 2.94. The SMILES string of the molecule is O=c1sccn1CCCCc1nc(CCl)cs1. The summed E-state index contributed by atoms with van der Waals surface area (Å²) in [4.78, 5) is 15.8. The first-order valence-electron chi connectivity index (χ1n) is 5.43. The van der Waals surface area contributed by atoms with Crippen LogP contribution in [-0.2, 0) is 18.8 Å². The van der Waals surface area contributed by atoms with Crippen molar-refractivity contribution >= 4 is 34.3 Å². The van der Waals surface area contributed by atoms with Gasteiger partial charge >= 0.3 is 4.87 Å². The molecule has 92 valence electrons. The van der Waals surface area contributed by atoms with Crippen molar-refractivity contribution in [2.24, 2.45) is 0 Å². The molecule has 3 nitrogen and oxygen atoms in total. The minimum Gasteiger partial charge on any atom is -0.306 e. The van der Waals surface area contributed by atoms with Gasteiger partial charge in [0.2, 0.25) is 0 Å². The van der Waals surface area contributed by atoms with Gasteiger partial charge in [-0.25, -0.2) is 4.98 Å². The molecule has 0 saturated carbocycles. The highest BCUT2D eigenvalue weighted by molar-refractivity contribution is 7.09. The van der Waals surface area contributed by atoms with Crippen LogP contribution in [0.1, 0.15) is 23.5 Å². The Morgan fingerprint density at radius 2 is 2.24 bits per heavy atom. The molecule has 0 spiro atoms. The molecular weight excluding hydrogens is 276 g/mol. The van der Waals surface area contributed by atoms with Crippen LogP contribution >= 0.6 is 34.3 Å². The molecule has 2 heterocycles. The number of thiazole rings is 2. The number of hydrogen-bond donors (Lipinski definition) is 0. The number of halogens is 1. The molecule has 0 unspecified atom stereocenters. The van der Waals surface area contributed by atoms with Crippen LogP contribution in [0.4, 0.5) is 0 Å². The molecule has 0 aromatic carbocycles. The van der Waals surface area contributed by atoms with Crippen LogP contribution in [0.3, 0.4) is 0 Å². The van der Waals surface area contributed by atoms with Gasteiger partial charge < -0.3 is 4.57 Å². The van der Waals surface area contributed by atoms with Crippen LogP contribution in [0.2, 0.25) is 0 Å². The molecule has 0 aliphatic rings. The Bertz CT molecular complexity index is 517. The van der Waals surface area contributed by atoms with Gasteiger partial charge in [-0.05, 0) is 19.3 Å². The summed E-state index contributed by atoms with van der Waals surface area (Å²) in [5.74, 6) is 0.487. The first kappa shape index (κ1) is 12.8. The molecule has 0 aliphatic heterocycles. The molecule has 2 aromatic heterocycles. The molecule has 2 rings (SSSR count). The molecular formula is C11H13ClN2OS2. The normalized spacial score (nSPS) is 10.9. The third kappa shape index (κ3) is 3.66. The summed E-state index contributed by atoms with van der Waals surface area (Å²) in [6.45, 7) is 0.802. The first-order valence-corrected chi connectivity index (χ1v) is 7.72. The maximum absolute atomic E-state index is 11.3. The van der Waals surface area contributed by atoms with E-state index in [-0.39, 0.29) is 4.87 Å². The molecule has 0 atom stereocenters. The summed E-state index contributed by atoms with van der Waals surface area (Å²) in [5, 5.41) is 4.97. The lowest BCUT2D eigenvalue weighted by molar-refractivity contribution is 0.602. The van der Waals surface area contributed by atoms with Gasteiger partial charge in [0.05, 0.1) is 16.6 Å². The van der Waals surface area contributed by atoms with Crippen molar-refractivity contribution in [1.29, 1.82) is 0 Å². The fourth-order valence-corrected chi connectivity index (χ4v) is 3.22. The van der Waals surface area contributed by atoms with E-state index in [1.807, 2.05) is 17.0 Å². The zero-order valence-corrected chi connectivity index (χ0v) is 11.7. The highest BCUT2D eigenvalue weighted by Crippen LogP contribution is 2.14. The number of nitrogens with zero attached hydrogens (tertiary/aromatic N) is 2. The molecule has 0 radical (unpaired) electrons. The fraction of sp³-hybridized carbons (Fsp3) is 0.455. The maximum Gasteiger partial charge on any atom is 0.307 e. The predicted octanol–water partition coefficient (Wildman–Crippen LogP) is 3.13. The Morgan fingerprint density at radius 1 is 1.35 bits per heavy atom. The van der Waals surface area contributed by atoms with Crippen molar-refractivity contribution in [2.75, 3.05) is 0 Å².